The number of furan rings is 1. The summed E-state index contributed by atoms with van der Waals surface area (Å²) in [6, 6.07) is 11.7. The molecule has 0 bridgehead atoms. The highest BCUT2D eigenvalue weighted by Crippen LogP contribution is 2.37. The number of benzene rings is 1. The number of carbonyl (C=O) groups is 1. The van der Waals surface area contributed by atoms with E-state index in [9.17, 15) is 4.79 Å². The quantitative estimate of drug-likeness (QED) is 0.673. The van der Waals surface area contributed by atoms with E-state index in [0.29, 0.717) is 29.6 Å². The van der Waals surface area contributed by atoms with E-state index in [1.54, 1.807) is 18.4 Å². The molecule has 2 aromatic heterocycles. The number of aryl methyl sites for hydroxylation is 1. The molecule has 0 atom stereocenters. The standard InChI is InChI=1S/C22H25N3O3/c1-15-16(23-21(28-15)19-10-7-13-27-19)14-20(26)24-11-12-25(22(2,3)4)18-9-6-5-8-17(18)24/h5-10,13H,11-12,14H2,1-4H3. The molecule has 1 aromatic carbocycles. The third-order valence-corrected chi connectivity index (χ3v) is 5.06. The van der Waals surface area contributed by atoms with E-state index in [1.165, 1.54) is 0 Å². The number of oxazole rings is 1. The van der Waals surface area contributed by atoms with Gasteiger partial charge in [0.25, 0.3) is 5.89 Å². The second-order valence-corrected chi connectivity index (χ2v) is 8.03. The second kappa shape index (κ2) is 6.86. The fourth-order valence-electron chi connectivity index (χ4n) is 3.65. The molecule has 0 spiro atoms. The molecule has 3 aromatic rings. The van der Waals surface area contributed by atoms with E-state index >= 15 is 0 Å². The topological polar surface area (TPSA) is 62.7 Å². The Bertz CT molecular complexity index is 983. The molecule has 3 heterocycles. The normalized spacial score (nSPS) is 14.3. The third-order valence-electron chi connectivity index (χ3n) is 5.06. The number of aromatic nitrogens is 1. The fraction of sp³-hybridized carbons (Fsp3) is 0.364. The van der Waals surface area contributed by atoms with Crippen LogP contribution in [0.5, 0.6) is 0 Å². The summed E-state index contributed by atoms with van der Waals surface area (Å²) in [6.45, 7) is 9.84. The van der Waals surface area contributed by atoms with Gasteiger partial charge in [-0.05, 0) is 52.0 Å². The van der Waals surface area contributed by atoms with Crippen LogP contribution in [-0.2, 0) is 11.2 Å². The maximum absolute atomic E-state index is 13.1. The summed E-state index contributed by atoms with van der Waals surface area (Å²) in [5.74, 6) is 1.62. The van der Waals surface area contributed by atoms with Gasteiger partial charge in [0.2, 0.25) is 5.91 Å². The zero-order chi connectivity index (χ0) is 19.9. The van der Waals surface area contributed by atoms with Crippen LogP contribution < -0.4 is 9.80 Å². The molecule has 1 amide bonds. The van der Waals surface area contributed by atoms with Crippen LogP contribution in [0.15, 0.2) is 51.5 Å². The van der Waals surface area contributed by atoms with Crippen LogP contribution in [0.3, 0.4) is 0 Å². The first kappa shape index (κ1) is 18.3. The lowest BCUT2D eigenvalue weighted by Gasteiger charge is -2.44. The first-order valence-electron chi connectivity index (χ1n) is 9.52. The predicted octanol–water partition coefficient (Wildman–Crippen LogP) is 4.44. The molecule has 28 heavy (non-hydrogen) atoms. The molecule has 1 aliphatic rings. The van der Waals surface area contributed by atoms with Gasteiger partial charge in [-0.1, -0.05) is 12.1 Å². The van der Waals surface area contributed by atoms with Crippen LogP contribution in [0.1, 0.15) is 32.2 Å². The Morgan fingerprint density at radius 2 is 1.86 bits per heavy atom. The number of fused-ring (bicyclic) bond motifs is 1. The summed E-state index contributed by atoms with van der Waals surface area (Å²) >= 11 is 0. The first-order valence-corrected chi connectivity index (χ1v) is 9.52. The van der Waals surface area contributed by atoms with Crippen LogP contribution >= 0.6 is 0 Å². The Hall–Kier alpha value is -3.02. The van der Waals surface area contributed by atoms with Crippen molar-refractivity contribution in [3.05, 3.63) is 54.1 Å². The molecule has 0 saturated carbocycles. The zero-order valence-corrected chi connectivity index (χ0v) is 16.7. The van der Waals surface area contributed by atoms with Crippen LogP contribution in [0, 0.1) is 6.92 Å². The maximum Gasteiger partial charge on any atom is 0.263 e. The summed E-state index contributed by atoms with van der Waals surface area (Å²) in [5, 5.41) is 0. The van der Waals surface area contributed by atoms with Gasteiger partial charge in [-0.3, -0.25) is 4.79 Å². The molecule has 4 rings (SSSR count). The van der Waals surface area contributed by atoms with Crippen molar-refractivity contribution in [1.82, 2.24) is 4.98 Å². The summed E-state index contributed by atoms with van der Waals surface area (Å²) in [4.78, 5) is 21.8. The summed E-state index contributed by atoms with van der Waals surface area (Å²) in [6.07, 6.45) is 1.77. The van der Waals surface area contributed by atoms with E-state index in [-0.39, 0.29) is 17.9 Å². The number of carbonyl (C=O) groups excluding carboxylic acids is 1. The average molecular weight is 379 g/mol. The van der Waals surface area contributed by atoms with Crippen molar-refractivity contribution >= 4 is 17.3 Å². The summed E-state index contributed by atoms with van der Waals surface area (Å²) in [5.41, 5.74) is 2.67. The van der Waals surface area contributed by atoms with E-state index < -0.39 is 0 Å². The van der Waals surface area contributed by atoms with Crippen molar-refractivity contribution in [3.63, 3.8) is 0 Å². The smallest absolute Gasteiger partial charge is 0.263 e. The summed E-state index contributed by atoms with van der Waals surface area (Å²) in [7, 11) is 0. The van der Waals surface area contributed by atoms with Crippen molar-refractivity contribution in [2.75, 3.05) is 22.9 Å². The molecule has 146 valence electrons. The van der Waals surface area contributed by atoms with E-state index in [0.717, 1.165) is 17.9 Å². The average Bonchev–Trinajstić information content (AvgIpc) is 3.30. The Balaban J connectivity index is 1.59. The first-order chi connectivity index (χ1) is 13.3. The van der Waals surface area contributed by atoms with Gasteiger partial charge in [0, 0.05) is 18.6 Å². The Labute approximate surface area is 164 Å². The lowest BCUT2D eigenvalue weighted by Crippen LogP contribution is -2.51. The molecule has 0 radical (unpaired) electrons. The number of rotatable bonds is 3. The van der Waals surface area contributed by atoms with Gasteiger partial charge in [0.1, 0.15) is 5.76 Å². The highest BCUT2D eigenvalue weighted by atomic mass is 16.4. The summed E-state index contributed by atoms with van der Waals surface area (Å²) < 4.78 is 11.0. The largest absolute Gasteiger partial charge is 0.459 e. The van der Waals surface area contributed by atoms with Crippen LogP contribution in [0.4, 0.5) is 11.4 Å². The van der Waals surface area contributed by atoms with Crippen molar-refractivity contribution in [2.24, 2.45) is 0 Å². The second-order valence-electron chi connectivity index (χ2n) is 8.03. The van der Waals surface area contributed by atoms with Gasteiger partial charge < -0.3 is 18.6 Å². The Morgan fingerprint density at radius 1 is 1.11 bits per heavy atom. The van der Waals surface area contributed by atoms with Gasteiger partial charge in [0.15, 0.2) is 5.76 Å². The maximum atomic E-state index is 13.1. The highest BCUT2D eigenvalue weighted by molar-refractivity contribution is 5.99. The predicted molar refractivity (Wildman–Crippen MR) is 109 cm³/mol. The minimum absolute atomic E-state index is 0.00805. The minimum Gasteiger partial charge on any atom is -0.459 e. The van der Waals surface area contributed by atoms with Gasteiger partial charge in [-0.15, -0.1) is 0 Å². The molecule has 0 aliphatic carbocycles. The van der Waals surface area contributed by atoms with Crippen molar-refractivity contribution < 1.29 is 13.6 Å². The molecule has 0 unspecified atom stereocenters. The monoisotopic (exact) mass is 379 g/mol. The van der Waals surface area contributed by atoms with E-state index in [4.69, 9.17) is 8.83 Å². The van der Waals surface area contributed by atoms with Crippen LogP contribution in [0.2, 0.25) is 0 Å². The van der Waals surface area contributed by atoms with Gasteiger partial charge in [0.05, 0.1) is 29.8 Å². The number of amides is 1. The molecule has 1 aliphatic heterocycles. The number of hydrogen-bond donors (Lipinski definition) is 0. The molecule has 0 fully saturated rings. The number of anilines is 2. The van der Waals surface area contributed by atoms with Gasteiger partial charge in [-0.2, -0.15) is 0 Å². The van der Waals surface area contributed by atoms with E-state index in [2.05, 4.69) is 36.7 Å². The van der Waals surface area contributed by atoms with Gasteiger partial charge in [-0.25, -0.2) is 4.98 Å². The number of para-hydroxylation sites is 2. The van der Waals surface area contributed by atoms with Crippen LogP contribution in [-0.4, -0.2) is 29.5 Å². The molecule has 0 saturated heterocycles. The zero-order valence-electron chi connectivity index (χ0n) is 16.7. The number of hydrogen-bond acceptors (Lipinski definition) is 5. The lowest BCUT2D eigenvalue weighted by molar-refractivity contribution is -0.118. The number of nitrogens with zero attached hydrogens (tertiary/aromatic N) is 3. The van der Waals surface area contributed by atoms with Crippen molar-refractivity contribution in [1.29, 1.82) is 0 Å². The third kappa shape index (κ3) is 3.30. The Morgan fingerprint density at radius 3 is 2.54 bits per heavy atom. The van der Waals surface area contributed by atoms with E-state index in [1.807, 2.05) is 30.0 Å². The molecule has 6 heteroatoms. The molecule has 0 N–H and O–H groups in total. The Kier molecular flexibility index (Phi) is 4.49. The molecule has 6 nitrogen and oxygen atoms in total. The SMILES string of the molecule is Cc1oc(-c2ccco2)nc1CC(=O)N1CCN(C(C)(C)C)c2ccccc21. The lowest BCUT2D eigenvalue weighted by atomic mass is 10.0. The van der Waals surface area contributed by atoms with Crippen molar-refractivity contribution in [2.45, 2.75) is 39.7 Å². The highest BCUT2D eigenvalue weighted by Gasteiger charge is 2.32. The fourth-order valence-corrected chi connectivity index (χ4v) is 3.65. The molecular formula is C22H25N3O3. The van der Waals surface area contributed by atoms with Crippen LogP contribution in [0.25, 0.3) is 11.7 Å². The van der Waals surface area contributed by atoms with Gasteiger partial charge >= 0.3 is 0 Å². The minimum atomic E-state index is -0.00805. The molecular weight excluding hydrogens is 354 g/mol. The van der Waals surface area contributed by atoms with Crippen molar-refractivity contribution in [3.8, 4) is 11.7 Å².